The van der Waals surface area contributed by atoms with Gasteiger partial charge in [0.05, 0.1) is 11.4 Å². The van der Waals surface area contributed by atoms with Crippen LogP contribution in [0.15, 0.2) is 23.8 Å². The number of rotatable bonds is 4. The van der Waals surface area contributed by atoms with Crippen LogP contribution in [0, 0.1) is 13.8 Å². The summed E-state index contributed by atoms with van der Waals surface area (Å²) in [5.74, 6) is 0.777. The van der Waals surface area contributed by atoms with Gasteiger partial charge in [-0.3, -0.25) is 4.79 Å². The van der Waals surface area contributed by atoms with Crippen molar-refractivity contribution in [1.29, 1.82) is 0 Å². The van der Waals surface area contributed by atoms with Crippen LogP contribution in [0.25, 0.3) is 0 Å². The van der Waals surface area contributed by atoms with Crippen molar-refractivity contribution in [3.63, 3.8) is 0 Å². The van der Waals surface area contributed by atoms with E-state index in [9.17, 15) is 9.90 Å². The summed E-state index contributed by atoms with van der Waals surface area (Å²) in [6.45, 7) is 5.38. The van der Waals surface area contributed by atoms with Gasteiger partial charge in [-0.05, 0) is 37.3 Å². The summed E-state index contributed by atoms with van der Waals surface area (Å²) in [6.07, 6.45) is 2.15. The van der Waals surface area contributed by atoms with Gasteiger partial charge in [0.15, 0.2) is 0 Å². The molecule has 7 heteroatoms. The zero-order valence-electron chi connectivity index (χ0n) is 14.2. The second kappa shape index (κ2) is 6.49. The fourth-order valence-corrected chi connectivity index (χ4v) is 3.93. The SMILES string of the molecule is Cc1csc(C(=O)N(C)CC2(O)CCN(c3cc(C)ncn3)C2)c1. The van der Waals surface area contributed by atoms with Gasteiger partial charge in [0.1, 0.15) is 17.7 Å². The van der Waals surface area contributed by atoms with Gasteiger partial charge in [-0.15, -0.1) is 11.3 Å². The number of anilines is 1. The van der Waals surface area contributed by atoms with E-state index >= 15 is 0 Å². The zero-order chi connectivity index (χ0) is 17.3. The highest BCUT2D eigenvalue weighted by molar-refractivity contribution is 7.12. The normalized spacial score (nSPS) is 20.4. The number of aromatic nitrogens is 2. The minimum atomic E-state index is -0.921. The molecule has 0 aliphatic carbocycles. The molecular weight excluding hydrogens is 324 g/mol. The lowest BCUT2D eigenvalue weighted by Crippen LogP contribution is -2.45. The lowest BCUT2D eigenvalue weighted by atomic mass is 10.0. The predicted octanol–water partition coefficient (Wildman–Crippen LogP) is 1.87. The monoisotopic (exact) mass is 346 g/mol. The lowest BCUT2D eigenvalue weighted by molar-refractivity contribution is 0.0266. The third-order valence-corrected chi connectivity index (χ3v) is 5.30. The number of aryl methyl sites for hydroxylation is 2. The quantitative estimate of drug-likeness (QED) is 0.915. The number of amides is 1. The minimum Gasteiger partial charge on any atom is -0.386 e. The van der Waals surface area contributed by atoms with Crippen LogP contribution < -0.4 is 4.90 Å². The fourth-order valence-electron chi connectivity index (χ4n) is 3.04. The van der Waals surface area contributed by atoms with Crippen molar-refractivity contribution in [2.24, 2.45) is 0 Å². The van der Waals surface area contributed by atoms with Crippen molar-refractivity contribution in [3.05, 3.63) is 40.0 Å². The Morgan fingerprint density at radius 1 is 1.42 bits per heavy atom. The molecule has 1 fully saturated rings. The van der Waals surface area contributed by atoms with Crippen molar-refractivity contribution in [3.8, 4) is 0 Å². The molecule has 6 nitrogen and oxygen atoms in total. The summed E-state index contributed by atoms with van der Waals surface area (Å²) in [7, 11) is 1.74. The molecule has 0 radical (unpaired) electrons. The van der Waals surface area contributed by atoms with Crippen molar-refractivity contribution in [1.82, 2.24) is 14.9 Å². The van der Waals surface area contributed by atoms with E-state index in [1.807, 2.05) is 36.3 Å². The molecular formula is C17H22N4O2S. The number of hydrogen-bond donors (Lipinski definition) is 1. The lowest BCUT2D eigenvalue weighted by Gasteiger charge is -2.29. The summed E-state index contributed by atoms with van der Waals surface area (Å²) >= 11 is 1.44. The molecule has 0 spiro atoms. The van der Waals surface area contributed by atoms with E-state index in [0.29, 0.717) is 30.9 Å². The van der Waals surface area contributed by atoms with E-state index < -0.39 is 5.60 Å². The van der Waals surface area contributed by atoms with Gasteiger partial charge in [0.25, 0.3) is 5.91 Å². The van der Waals surface area contributed by atoms with Gasteiger partial charge >= 0.3 is 0 Å². The second-order valence-electron chi connectivity index (χ2n) is 6.56. The maximum atomic E-state index is 12.5. The molecule has 2 aromatic heterocycles. The van der Waals surface area contributed by atoms with Crippen LogP contribution in [0.2, 0.25) is 0 Å². The molecule has 1 unspecified atom stereocenters. The standard InChI is InChI=1S/C17H22N4O2S/c1-12-6-14(24-8-12)16(22)20(3)9-17(23)4-5-21(10-17)15-7-13(2)18-11-19-15/h6-8,11,23H,4-5,9-10H2,1-3H3. The van der Waals surface area contributed by atoms with Crippen molar-refractivity contribution >= 4 is 23.1 Å². The fraction of sp³-hybridized carbons (Fsp3) is 0.471. The highest BCUT2D eigenvalue weighted by Crippen LogP contribution is 2.27. The first-order valence-corrected chi connectivity index (χ1v) is 8.81. The van der Waals surface area contributed by atoms with Gasteiger partial charge < -0.3 is 14.9 Å². The van der Waals surface area contributed by atoms with Crippen molar-refractivity contribution in [2.75, 3.05) is 31.6 Å². The number of carbonyl (C=O) groups is 1. The molecule has 1 aliphatic rings. The molecule has 1 saturated heterocycles. The highest BCUT2D eigenvalue weighted by atomic mass is 32.1. The summed E-state index contributed by atoms with van der Waals surface area (Å²) in [5.41, 5.74) is 1.06. The van der Waals surface area contributed by atoms with Gasteiger partial charge in [0.2, 0.25) is 0 Å². The molecule has 0 saturated carbocycles. The topological polar surface area (TPSA) is 69.6 Å². The number of thiophene rings is 1. The Kier molecular flexibility index (Phi) is 4.56. The molecule has 1 atom stereocenters. The molecule has 1 N–H and O–H groups in total. The Hall–Kier alpha value is -1.99. The largest absolute Gasteiger partial charge is 0.386 e. The van der Waals surface area contributed by atoms with E-state index in [1.54, 1.807) is 11.9 Å². The van der Waals surface area contributed by atoms with E-state index in [0.717, 1.165) is 17.1 Å². The summed E-state index contributed by atoms with van der Waals surface area (Å²) in [4.78, 5) is 25.2. The number of likely N-dealkylation sites (N-methyl/N-ethyl adjacent to an activating group) is 1. The molecule has 128 valence electrons. The first-order chi connectivity index (χ1) is 11.4. The zero-order valence-corrected chi connectivity index (χ0v) is 15.0. The summed E-state index contributed by atoms with van der Waals surface area (Å²) < 4.78 is 0. The van der Waals surface area contributed by atoms with E-state index in [1.165, 1.54) is 17.7 Å². The summed E-state index contributed by atoms with van der Waals surface area (Å²) in [5, 5.41) is 12.9. The number of hydrogen-bond acceptors (Lipinski definition) is 6. The first-order valence-electron chi connectivity index (χ1n) is 7.93. The smallest absolute Gasteiger partial charge is 0.263 e. The van der Waals surface area contributed by atoms with Crippen LogP contribution in [0.3, 0.4) is 0 Å². The van der Waals surface area contributed by atoms with Crippen molar-refractivity contribution < 1.29 is 9.90 Å². The Bertz CT molecular complexity index is 748. The van der Waals surface area contributed by atoms with E-state index in [-0.39, 0.29) is 5.91 Å². The molecule has 3 heterocycles. The van der Waals surface area contributed by atoms with Crippen LogP contribution in [0.1, 0.15) is 27.3 Å². The molecule has 1 amide bonds. The molecule has 0 aromatic carbocycles. The minimum absolute atomic E-state index is 0.0437. The highest BCUT2D eigenvalue weighted by Gasteiger charge is 2.38. The van der Waals surface area contributed by atoms with Gasteiger partial charge in [-0.1, -0.05) is 0 Å². The molecule has 3 rings (SSSR count). The first kappa shape index (κ1) is 16.9. The van der Waals surface area contributed by atoms with Crippen LogP contribution in [-0.4, -0.2) is 58.2 Å². The van der Waals surface area contributed by atoms with E-state index in [2.05, 4.69) is 9.97 Å². The van der Waals surface area contributed by atoms with Gasteiger partial charge in [0, 0.05) is 31.9 Å². The maximum Gasteiger partial charge on any atom is 0.263 e. The Morgan fingerprint density at radius 2 is 2.21 bits per heavy atom. The van der Waals surface area contributed by atoms with Crippen LogP contribution in [0.5, 0.6) is 0 Å². The molecule has 0 bridgehead atoms. The number of aliphatic hydroxyl groups is 1. The van der Waals surface area contributed by atoms with Gasteiger partial charge in [-0.2, -0.15) is 0 Å². The Balaban J connectivity index is 1.65. The third-order valence-electron chi connectivity index (χ3n) is 4.27. The number of carbonyl (C=O) groups excluding carboxylic acids is 1. The van der Waals surface area contributed by atoms with E-state index in [4.69, 9.17) is 0 Å². The maximum absolute atomic E-state index is 12.5. The number of β-amino-alcohol motifs (C(OH)–C–C–N with tert-alkyl or cyclic N) is 1. The average Bonchev–Trinajstić information content (AvgIpc) is 3.13. The molecule has 2 aromatic rings. The van der Waals surface area contributed by atoms with Crippen LogP contribution in [-0.2, 0) is 0 Å². The average molecular weight is 346 g/mol. The van der Waals surface area contributed by atoms with Crippen LogP contribution >= 0.6 is 11.3 Å². The molecule has 24 heavy (non-hydrogen) atoms. The third kappa shape index (κ3) is 3.57. The Morgan fingerprint density at radius 3 is 2.88 bits per heavy atom. The second-order valence-corrected chi connectivity index (χ2v) is 7.47. The Labute approximate surface area is 145 Å². The predicted molar refractivity (Wildman–Crippen MR) is 94.6 cm³/mol. The van der Waals surface area contributed by atoms with Crippen LogP contribution in [0.4, 0.5) is 5.82 Å². The van der Waals surface area contributed by atoms with Gasteiger partial charge in [-0.25, -0.2) is 9.97 Å². The van der Waals surface area contributed by atoms with Crippen molar-refractivity contribution in [2.45, 2.75) is 25.9 Å². The molecule has 1 aliphatic heterocycles. The number of nitrogens with zero attached hydrogens (tertiary/aromatic N) is 4. The summed E-state index contributed by atoms with van der Waals surface area (Å²) in [6, 6.07) is 3.80.